The zero-order valence-corrected chi connectivity index (χ0v) is 20.5. The Bertz CT molecular complexity index is 1000. The van der Waals surface area contributed by atoms with Crippen LogP contribution in [0.4, 0.5) is 0 Å². The predicted molar refractivity (Wildman–Crippen MR) is 131 cm³/mol. The first-order valence-electron chi connectivity index (χ1n) is 13.7. The zero-order valence-electron chi connectivity index (χ0n) is 20.5. The minimum Gasteiger partial charge on any atom is -0.375 e. The number of likely N-dealkylation sites (tertiary alicyclic amines) is 1. The van der Waals surface area contributed by atoms with E-state index in [1.807, 2.05) is 6.07 Å². The molecule has 1 aromatic carbocycles. The third-order valence-electron chi connectivity index (χ3n) is 9.09. The summed E-state index contributed by atoms with van der Waals surface area (Å²) >= 11 is 0. The van der Waals surface area contributed by atoms with Gasteiger partial charge in [0.2, 0.25) is 11.8 Å². The molecule has 3 atom stereocenters. The van der Waals surface area contributed by atoms with Gasteiger partial charge in [0.25, 0.3) is 5.91 Å². The van der Waals surface area contributed by atoms with Crippen LogP contribution in [0.3, 0.4) is 0 Å². The molecule has 2 saturated heterocycles. The van der Waals surface area contributed by atoms with Gasteiger partial charge < -0.3 is 9.64 Å². The number of benzene rings is 1. The average molecular weight is 480 g/mol. The summed E-state index contributed by atoms with van der Waals surface area (Å²) in [4.78, 5) is 41.1. The van der Waals surface area contributed by atoms with Crippen LogP contribution in [-0.2, 0) is 27.3 Å². The maximum atomic E-state index is 13.0. The molecule has 3 heterocycles. The standard InChI is InChI=1S/C28H37N3O4/c32-26-11-10-25(27(33)29-26)31-14-21-13-19(8-9-23(21)28(31)34)12-20-6-1-2-7-24(20)30-15-22(16-30)35-17-18-4-3-5-18/h8-9,13,18,20,22,24-25H,1-7,10-12,14-17H2,(H,29,32,33)/t20-,24+,25?/m1/s1. The number of carbonyl (C=O) groups is 3. The number of hydrogen-bond donors (Lipinski definition) is 1. The minimum atomic E-state index is -0.551. The summed E-state index contributed by atoms with van der Waals surface area (Å²) < 4.78 is 6.17. The molecule has 1 unspecified atom stereocenters. The molecule has 0 spiro atoms. The highest BCUT2D eigenvalue weighted by molar-refractivity contribution is 6.05. The minimum absolute atomic E-state index is 0.0925. The van der Waals surface area contributed by atoms with E-state index in [9.17, 15) is 14.4 Å². The summed E-state index contributed by atoms with van der Waals surface area (Å²) in [6.07, 6.45) is 11.3. The highest BCUT2D eigenvalue weighted by Gasteiger charge is 2.40. The quantitative estimate of drug-likeness (QED) is 0.608. The van der Waals surface area contributed by atoms with Crippen molar-refractivity contribution in [2.45, 2.75) is 88.9 Å². The number of piperidine rings is 1. The van der Waals surface area contributed by atoms with E-state index in [1.54, 1.807) is 4.90 Å². The van der Waals surface area contributed by atoms with Crippen molar-refractivity contribution in [2.24, 2.45) is 11.8 Å². The van der Waals surface area contributed by atoms with E-state index >= 15 is 0 Å². The van der Waals surface area contributed by atoms with E-state index in [0.717, 1.165) is 37.6 Å². The van der Waals surface area contributed by atoms with Crippen LogP contribution in [0.25, 0.3) is 0 Å². The number of fused-ring (bicyclic) bond motifs is 1. The number of rotatable bonds is 7. The fraction of sp³-hybridized carbons (Fsp3) is 0.679. The lowest BCUT2D eigenvalue weighted by atomic mass is 9.78. The van der Waals surface area contributed by atoms with E-state index in [2.05, 4.69) is 22.3 Å². The summed E-state index contributed by atoms with van der Waals surface area (Å²) in [7, 11) is 0. The first kappa shape index (κ1) is 23.2. The Morgan fingerprint density at radius 1 is 0.971 bits per heavy atom. The summed E-state index contributed by atoms with van der Waals surface area (Å²) in [6, 6.07) is 6.32. The third kappa shape index (κ3) is 4.65. The van der Waals surface area contributed by atoms with Gasteiger partial charge in [0.1, 0.15) is 6.04 Å². The van der Waals surface area contributed by atoms with E-state index < -0.39 is 6.04 Å². The summed E-state index contributed by atoms with van der Waals surface area (Å²) in [5.41, 5.74) is 3.00. The van der Waals surface area contributed by atoms with E-state index in [1.165, 1.54) is 50.5 Å². The number of hydrogen-bond acceptors (Lipinski definition) is 5. The molecule has 0 radical (unpaired) electrons. The van der Waals surface area contributed by atoms with Crippen molar-refractivity contribution < 1.29 is 19.1 Å². The van der Waals surface area contributed by atoms with Crippen LogP contribution in [0.5, 0.6) is 0 Å². The maximum Gasteiger partial charge on any atom is 0.255 e. The number of carbonyl (C=O) groups excluding carboxylic acids is 3. The maximum absolute atomic E-state index is 13.0. The first-order valence-corrected chi connectivity index (χ1v) is 13.7. The number of ether oxygens (including phenoxy) is 1. The molecule has 7 nitrogen and oxygen atoms in total. The Labute approximate surface area is 207 Å². The number of imide groups is 1. The van der Waals surface area contributed by atoms with Crippen LogP contribution < -0.4 is 5.32 Å². The van der Waals surface area contributed by atoms with Gasteiger partial charge in [0.15, 0.2) is 0 Å². The lowest BCUT2D eigenvalue weighted by molar-refractivity contribution is -0.136. The normalized spacial score (nSPS) is 30.1. The summed E-state index contributed by atoms with van der Waals surface area (Å²) in [5, 5.41) is 2.38. The molecule has 7 heteroatoms. The zero-order chi connectivity index (χ0) is 23.9. The van der Waals surface area contributed by atoms with Crippen molar-refractivity contribution in [3.8, 4) is 0 Å². The predicted octanol–water partition coefficient (Wildman–Crippen LogP) is 3.05. The lowest BCUT2D eigenvalue weighted by Crippen LogP contribution is -2.59. The number of nitrogens with zero attached hydrogens (tertiary/aromatic N) is 2. The highest BCUT2D eigenvalue weighted by Crippen LogP contribution is 2.36. The Hall–Kier alpha value is -2.25. The second-order valence-corrected chi connectivity index (χ2v) is 11.4. The monoisotopic (exact) mass is 479 g/mol. The van der Waals surface area contributed by atoms with Gasteiger partial charge in [-0.05, 0) is 67.6 Å². The molecule has 3 amide bonds. The second kappa shape index (κ2) is 9.66. The Morgan fingerprint density at radius 2 is 1.80 bits per heavy atom. The third-order valence-corrected chi connectivity index (χ3v) is 9.09. The fourth-order valence-electron chi connectivity index (χ4n) is 6.74. The van der Waals surface area contributed by atoms with Crippen LogP contribution in [-0.4, -0.2) is 65.4 Å². The summed E-state index contributed by atoms with van der Waals surface area (Å²) in [6.45, 7) is 3.56. The smallest absolute Gasteiger partial charge is 0.255 e. The average Bonchev–Trinajstić information content (AvgIpc) is 3.10. The van der Waals surface area contributed by atoms with Gasteiger partial charge in [-0.25, -0.2) is 0 Å². The largest absolute Gasteiger partial charge is 0.375 e. The summed E-state index contributed by atoms with van der Waals surface area (Å²) in [5.74, 6) is 0.752. The van der Waals surface area contributed by atoms with Gasteiger partial charge in [0.05, 0.1) is 6.10 Å². The van der Waals surface area contributed by atoms with Crippen LogP contribution in [0.1, 0.15) is 79.3 Å². The molecule has 2 aliphatic carbocycles. The Balaban J connectivity index is 1.07. The molecule has 1 aromatic rings. The molecule has 0 bridgehead atoms. The molecule has 3 aliphatic heterocycles. The van der Waals surface area contributed by atoms with Crippen LogP contribution in [0.15, 0.2) is 18.2 Å². The molecular formula is C28H37N3O4. The SMILES string of the molecule is O=C1CCC(N2Cc3cc(C[C@H]4CCCC[C@@H]4N4CC(OCC5CCC5)C4)ccc3C2=O)C(=O)N1. The van der Waals surface area contributed by atoms with Gasteiger partial charge in [-0.15, -0.1) is 0 Å². The van der Waals surface area contributed by atoms with Crippen LogP contribution in [0, 0.1) is 11.8 Å². The van der Waals surface area contributed by atoms with Gasteiger partial charge in [-0.1, -0.05) is 31.4 Å². The number of nitrogens with one attached hydrogen (secondary N) is 1. The van der Waals surface area contributed by atoms with E-state index in [0.29, 0.717) is 36.6 Å². The fourth-order valence-corrected chi connectivity index (χ4v) is 6.74. The molecule has 5 aliphatic rings. The number of amides is 3. The van der Waals surface area contributed by atoms with Gasteiger partial charge in [-0.3, -0.25) is 24.6 Å². The van der Waals surface area contributed by atoms with Crippen molar-refractivity contribution in [3.05, 3.63) is 34.9 Å². The van der Waals surface area contributed by atoms with Crippen molar-refractivity contribution in [3.63, 3.8) is 0 Å². The molecular weight excluding hydrogens is 442 g/mol. The Kier molecular flexibility index (Phi) is 6.39. The highest BCUT2D eigenvalue weighted by atomic mass is 16.5. The molecule has 35 heavy (non-hydrogen) atoms. The van der Waals surface area contributed by atoms with Crippen molar-refractivity contribution in [1.29, 1.82) is 0 Å². The molecule has 1 N–H and O–H groups in total. The van der Waals surface area contributed by atoms with Gasteiger partial charge in [-0.2, -0.15) is 0 Å². The molecule has 2 saturated carbocycles. The molecule has 0 aromatic heterocycles. The van der Waals surface area contributed by atoms with Crippen molar-refractivity contribution in [1.82, 2.24) is 15.1 Å². The topological polar surface area (TPSA) is 79.0 Å². The van der Waals surface area contributed by atoms with Gasteiger partial charge in [0, 0.05) is 44.3 Å². The van der Waals surface area contributed by atoms with Crippen molar-refractivity contribution in [2.75, 3.05) is 19.7 Å². The van der Waals surface area contributed by atoms with Crippen LogP contribution in [0.2, 0.25) is 0 Å². The van der Waals surface area contributed by atoms with Crippen LogP contribution >= 0.6 is 0 Å². The molecule has 6 rings (SSSR count). The van der Waals surface area contributed by atoms with Crippen molar-refractivity contribution >= 4 is 17.7 Å². The van der Waals surface area contributed by atoms with E-state index in [-0.39, 0.29) is 24.1 Å². The van der Waals surface area contributed by atoms with E-state index in [4.69, 9.17) is 4.74 Å². The second-order valence-electron chi connectivity index (χ2n) is 11.4. The lowest BCUT2D eigenvalue weighted by Gasteiger charge is -2.49. The van der Waals surface area contributed by atoms with Gasteiger partial charge >= 0.3 is 0 Å². The Morgan fingerprint density at radius 3 is 2.57 bits per heavy atom. The first-order chi connectivity index (χ1) is 17.0. The molecule has 4 fully saturated rings. The molecule has 188 valence electrons.